The first-order valence-corrected chi connectivity index (χ1v) is 12.4. The number of nitrogens with one attached hydrogen (secondary N) is 1. The highest BCUT2D eigenvalue weighted by atomic mass is 16.6. The topological polar surface area (TPSA) is 50.7 Å². The molecule has 0 radical (unpaired) electrons. The van der Waals surface area contributed by atoms with Crippen LogP contribution in [0.4, 0.5) is 0 Å². The molecule has 0 bridgehead atoms. The van der Waals surface area contributed by atoms with Gasteiger partial charge in [-0.05, 0) is 87.6 Å². The summed E-state index contributed by atoms with van der Waals surface area (Å²) in [7, 11) is 0. The van der Waals surface area contributed by atoms with Gasteiger partial charge in [-0.2, -0.15) is 0 Å². The minimum Gasteiger partial charge on any atom is -0.392 e. The van der Waals surface area contributed by atoms with E-state index >= 15 is 0 Å². The third-order valence-electron chi connectivity index (χ3n) is 10.0. The summed E-state index contributed by atoms with van der Waals surface area (Å²) in [6.07, 6.45) is 12.6. The van der Waals surface area contributed by atoms with Gasteiger partial charge in [-0.15, -0.1) is 0 Å². The Kier molecular flexibility index (Phi) is 4.96. The quantitative estimate of drug-likeness (QED) is 0.496. The van der Waals surface area contributed by atoms with Crippen LogP contribution in [0.2, 0.25) is 0 Å². The van der Waals surface area contributed by atoms with E-state index in [-0.39, 0.29) is 22.3 Å². The Morgan fingerprint density at radius 3 is 2.47 bits per heavy atom. The highest BCUT2D eigenvalue weighted by molar-refractivity contribution is 5.93. The first-order chi connectivity index (χ1) is 14.3. The maximum absolute atomic E-state index is 12.7. The number of Topliss-reactive ketones (excluding diaryl/α,β-unsaturated/α-hetero) is 1. The number of rotatable bonds is 2. The molecule has 0 spiro atoms. The van der Waals surface area contributed by atoms with Crippen molar-refractivity contribution in [2.75, 3.05) is 13.1 Å². The molecular weight excluding hydrogens is 372 g/mol. The van der Waals surface area contributed by atoms with Crippen molar-refractivity contribution >= 4 is 11.5 Å². The number of hydrogen-bond acceptors (Lipinski definition) is 4. The van der Waals surface area contributed by atoms with Crippen molar-refractivity contribution in [1.82, 2.24) is 5.32 Å². The molecule has 0 unspecified atom stereocenters. The summed E-state index contributed by atoms with van der Waals surface area (Å²) in [5.74, 6) is 2.54. The van der Waals surface area contributed by atoms with Gasteiger partial charge in [-0.1, -0.05) is 44.5 Å². The number of carbonyl (C=O) groups excluding carboxylic acids is 1. The lowest BCUT2D eigenvalue weighted by atomic mass is 9.45. The van der Waals surface area contributed by atoms with Gasteiger partial charge in [0, 0.05) is 17.3 Å². The van der Waals surface area contributed by atoms with E-state index in [1.54, 1.807) is 5.57 Å². The molecule has 4 fully saturated rings. The molecule has 4 nitrogen and oxygen atoms in total. The van der Waals surface area contributed by atoms with E-state index in [1.807, 2.05) is 0 Å². The molecular formula is C26H40N2O2. The maximum atomic E-state index is 12.7. The molecule has 5 atom stereocenters. The molecule has 5 rings (SSSR count). The monoisotopic (exact) mass is 412 g/mol. The number of nitrogens with zero attached hydrogens (tertiary/aromatic N) is 1. The fourth-order valence-electron chi connectivity index (χ4n) is 8.20. The zero-order chi connectivity index (χ0) is 21.1. The largest absolute Gasteiger partial charge is 0.392 e. The van der Waals surface area contributed by atoms with Crippen LogP contribution >= 0.6 is 0 Å². The molecule has 4 aliphatic carbocycles. The summed E-state index contributed by atoms with van der Waals surface area (Å²) < 4.78 is 0. The highest BCUT2D eigenvalue weighted by Crippen LogP contribution is 2.66. The normalized spacial score (nSPS) is 44.8. The van der Waals surface area contributed by atoms with Crippen LogP contribution in [0.15, 0.2) is 16.8 Å². The summed E-state index contributed by atoms with van der Waals surface area (Å²) in [6.45, 7) is 11.6. The molecule has 166 valence electrons. The second kappa shape index (κ2) is 7.18. The number of carbonyl (C=O) groups is 1. The average Bonchev–Trinajstić information content (AvgIpc) is 3.03. The Hall–Kier alpha value is -1.16. The van der Waals surface area contributed by atoms with E-state index in [2.05, 4.69) is 39.1 Å². The van der Waals surface area contributed by atoms with Gasteiger partial charge in [0.2, 0.25) is 0 Å². The van der Waals surface area contributed by atoms with Crippen LogP contribution in [0.5, 0.6) is 0 Å². The first kappa shape index (κ1) is 20.7. The Morgan fingerprint density at radius 2 is 1.70 bits per heavy atom. The predicted molar refractivity (Wildman–Crippen MR) is 120 cm³/mol. The smallest absolute Gasteiger partial charge is 0.139 e. The van der Waals surface area contributed by atoms with Crippen LogP contribution in [0, 0.1) is 34.0 Å². The van der Waals surface area contributed by atoms with Crippen molar-refractivity contribution in [2.24, 2.45) is 39.2 Å². The number of ketones is 1. The molecule has 30 heavy (non-hydrogen) atoms. The molecule has 3 saturated carbocycles. The average molecular weight is 413 g/mol. The van der Waals surface area contributed by atoms with E-state index in [9.17, 15) is 4.79 Å². The van der Waals surface area contributed by atoms with E-state index in [4.69, 9.17) is 9.99 Å². The van der Waals surface area contributed by atoms with E-state index in [1.165, 1.54) is 18.6 Å². The number of allylic oxidation sites excluding steroid dienone is 2. The number of fused-ring (bicyclic) bond motifs is 5. The van der Waals surface area contributed by atoms with Crippen molar-refractivity contribution < 1.29 is 9.63 Å². The van der Waals surface area contributed by atoms with Crippen molar-refractivity contribution in [3.63, 3.8) is 0 Å². The summed E-state index contributed by atoms with van der Waals surface area (Å²) in [5.41, 5.74) is 3.01. The Morgan fingerprint density at radius 1 is 0.967 bits per heavy atom. The minimum atomic E-state index is -0.0393. The summed E-state index contributed by atoms with van der Waals surface area (Å²) in [6, 6.07) is 0. The van der Waals surface area contributed by atoms with Crippen molar-refractivity contribution in [1.29, 1.82) is 0 Å². The first-order valence-electron chi connectivity index (χ1n) is 12.4. The standard InChI is InChI=1S/C26H40N2O2/c1-24(2)21-7-5-18-19-6-8-23(29)26(19,4)13-9-20(18)25(21,3)14-10-22(24)28-30-17-11-15-27-16-12-17/h7,17-20,27H,5-6,8-16H2,1-4H3/b28-22+/t18-,19-,20-,25+,26-/m0/s1. The van der Waals surface area contributed by atoms with Crippen LogP contribution in [0.3, 0.4) is 0 Å². The van der Waals surface area contributed by atoms with Gasteiger partial charge >= 0.3 is 0 Å². The number of hydrogen-bond donors (Lipinski definition) is 1. The molecule has 0 aromatic rings. The molecule has 0 aromatic carbocycles. The van der Waals surface area contributed by atoms with Crippen molar-refractivity contribution in [2.45, 2.75) is 91.6 Å². The lowest BCUT2D eigenvalue weighted by molar-refractivity contribution is -0.131. The molecule has 1 N–H and O–H groups in total. The number of oxime groups is 1. The fourth-order valence-corrected chi connectivity index (χ4v) is 8.20. The second-order valence-corrected chi connectivity index (χ2v) is 11.8. The summed E-state index contributed by atoms with van der Waals surface area (Å²) in [5, 5.41) is 8.16. The van der Waals surface area contributed by atoms with Crippen LogP contribution in [-0.4, -0.2) is 30.7 Å². The third kappa shape index (κ3) is 2.96. The van der Waals surface area contributed by atoms with Crippen LogP contribution < -0.4 is 5.32 Å². The van der Waals surface area contributed by atoms with Gasteiger partial charge in [0.1, 0.15) is 11.9 Å². The van der Waals surface area contributed by atoms with E-state index in [0.717, 1.165) is 58.0 Å². The van der Waals surface area contributed by atoms with Gasteiger partial charge in [0.15, 0.2) is 0 Å². The van der Waals surface area contributed by atoms with E-state index < -0.39 is 0 Å². The van der Waals surface area contributed by atoms with Gasteiger partial charge in [0.05, 0.1) is 5.71 Å². The molecule has 0 amide bonds. The molecule has 1 aliphatic heterocycles. The van der Waals surface area contributed by atoms with Gasteiger partial charge < -0.3 is 10.2 Å². The summed E-state index contributed by atoms with van der Waals surface area (Å²) in [4.78, 5) is 18.7. The Labute approximate surface area is 182 Å². The van der Waals surface area contributed by atoms with Crippen LogP contribution in [0.1, 0.15) is 85.5 Å². The zero-order valence-electron chi connectivity index (χ0n) is 19.4. The van der Waals surface area contributed by atoms with Gasteiger partial charge in [0.25, 0.3) is 0 Å². The van der Waals surface area contributed by atoms with Crippen LogP contribution in [-0.2, 0) is 9.63 Å². The van der Waals surface area contributed by atoms with Gasteiger partial charge in [-0.3, -0.25) is 4.79 Å². The fraction of sp³-hybridized carbons (Fsp3) is 0.846. The van der Waals surface area contributed by atoms with Gasteiger partial charge in [-0.25, -0.2) is 0 Å². The third-order valence-corrected chi connectivity index (χ3v) is 10.0. The maximum Gasteiger partial charge on any atom is 0.139 e. The Bertz CT molecular complexity index is 778. The molecule has 4 heteroatoms. The number of piperidine rings is 1. The lowest BCUT2D eigenvalue weighted by Gasteiger charge is -2.59. The molecule has 5 aliphatic rings. The van der Waals surface area contributed by atoms with Crippen molar-refractivity contribution in [3.8, 4) is 0 Å². The molecule has 1 saturated heterocycles. The van der Waals surface area contributed by atoms with E-state index in [0.29, 0.717) is 23.5 Å². The summed E-state index contributed by atoms with van der Waals surface area (Å²) >= 11 is 0. The predicted octanol–water partition coefficient (Wildman–Crippen LogP) is 5.28. The zero-order valence-corrected chi connectivity index (χ0v) is 19.4. The molecule has 0 aromatic heterocycles. The second-order valence-electron chi connectivity index (χ2n) is 11.8. The lowest BCUT2D eigenvalue weighted by Crippen LogP contribution is -2.53. The SMILES string of the molecule is CC1(C)C2=CC[C@@H]3[C@H](CC[C@]4(C)C(=O)CC[C@@H]34)[C@@]2(C)CC/C1=N\OC1CCNCC1. The minimum absolute atomic E-state index is 0.0306. The van der Waals surface area contributed by atoms with Crippen LogP contribution in [0.25, 0.3) is 0 Å². The Balaban J connectivity index is 1.41. The highest BCUT2D eigenvalue weighted by Gasteiger charge is 2.60. The van der Waals surface area contributed by atoms with Crippen molar-refractivity contribution in [3.05, 3.63) is 11.6 Å². The molecule has 1 heterocycles.